The molecule has 0 saturated heterocycles. The van der Waals surface area contributed by atoms with Gasteiger partial charge in [0.05, 0.1) is 0 Å². The summed E-state index contributed by atoms with van der Waals surface area (Å²) in [7, 11) is 0. The third-order valence-corrected chi connectivity index (χ3v) is 10.6. The van der Waals surface area contributed by atoms with Crippen LogP contribution in [0.1, 0.15) is 233 Å². The van der Waals surface area contributed by atoms with E-state index in [0.717, 1.165) is 135 Å². The zero-order valence-corrected chi connectivity index (χ0v) is 40.4. The first-order valence-corrected chi connectivity index (χ1v) is 25.6. The van der Waals surface area contributed by atoms with E-state index in [9.17, 15) is 14.4 Å². The highest BCUT2D eigenvalue weighted by molar-refractivity contribution is 5.71. The van der Waals surface area contributed by atoms with E-state index in [0.29, 0.717) is 19.3 Å². The molecule has 1 atom stereocenters. The van der Waals surface area contributed by atoms with Gasteiger partial charge in [0.15, 0.2) is 6.10 Å². The molecule has 1 unspecified atom stereocenters. The van der Waals surface area contributed by atoms with Crippen LogP contribution in [-0.4, -0.2) is 37.2 Å². The van der Waals surface area contributed by atoms with Gasteiger partial charge in [-0.25, -0.2) is 0 Å². The monoisotopic (exact) mass is 863 g/mol. The van der Waals surface area contributed by atoms with Crippen molar-refractivity contribution < 1.29 is 28.6 Å². The summed E-state index contributed by atoms with van der Waals surface area (Å²) in [6.07, 6.45) is 64.3. The molecule has 6 heteroatoms. The largest absolute Gasteiger partial charge is 0.462 e. The maximum Gasteiger partial charge on any atom is 0.306 e. The van der Waals surface area contributed by atoms with Crippen molar-refractivity contribution in [2.24, 2.45) is 0 Å². The first kappa shape index (κ1) is 58.6. The van der Waals surface area contributed by atoms with Gasteiger partial charge in [-0.1, -0.05) is 202 Å². The fraction of sp³-hybridized carbons (Fsp3) is 0.696. The van der Waals surface area contributed by atoms with Crippen molar-refractivity contribution >= 4 is 17.9 Å². The van der Waals surface area contributed by atoms with Crippen LogP contribution in [-0.2, 0) is 28.6 Å². The molecule has 0 aromatic rings. The molecule has 0 aliphatic carbocycles. The van der Waals surface area contributed by atoms with Crippen LogP contribution in [0.5, 0.6) is 0 Å². The van der Waals surface area contributed by atoms with Crippen molar-refractivity contribution in [2.45, 2.75) is 239 Å². The summed E-state index contributed by atoms with van der Waals surface area (Å²) in [6, 6.07) is 0. The number of rotatable bonds is 45. The summed E-state index contributed by atoms with van der Waals surface area (Å²) < 4.78 is 16.7. The van der Waals surface area contributed by atoms with Crippen LogP contribution < -0.4 is 0 Å². The first-order chi connectivity index (χ1) is 30.5. The van der Waals surface area contributed by atoms with E-state index in [4.69, 9.17) is 14.2 Å². The van der Waals surface area contributed by atoms with Gasteiger partial charge in [-0.15, -0.1) is 0 Å². The smallest absolute Gasteiger partial charge is 0.306 e. The molecule has 0 aliphatic heterocycles. The van der Waals surface area contributed by atoms with Gasteiger partial charge in [0.2, 0.25) is 0 Å². The van der Waals surface area contributed by atoms with Crippen LogP contribution in [0.25, 0.3) is 0 Å². The predicted molar refractivity (Wildman–Crippen MR) is 265 cm³/mol. The maximum atomic E-state index is 12.8. The molecule has 0 radical (unpaired) electrons. The fourth-order valence-electron chi connectivity index (χ4n) is 6.79. The molecule has 0 heterocycles. The van der Waals surface area contributed by atoms with Gasteiger partial charge in [-0.3, -0.25) is 14.4 Å². The second-order valence-electron chi connectivity index (χ2n) is 16.7. The minimum absolute atomic E-state index is 0.0884. The number of hydrogen-bond donors (Lipinski definition) is 0. The van der Waals surface area contributed by atoms with Crippen LogP contribution >= 0.6 is 0 Å². The highest BCUT2D eigenvalue weighted by Gasteiger charge is 2.19. The van der Waals surface area contributed by atoms with Crippen LogP contribution in [0.2, 0.25) is 0 Å². The Morgan fingerprint density at radius 2 is 0.629 bits per heavy atom. The topological polar surface area (TPSA) is 78.9 Å². The lowest BCUT2D eigenvalue weighted by molar-refractivity contribution is -0.167. The van der Waals surface area contributed by atoms with E-state index in [2.05, 4.69) is 106 Å². The van der Waals surface area contributed by atoms with E-state index >= 15 is 0 Å². The molecule has 62 heavy (non-hydrogen) atoms. The van der Waals surface area contributed by atoms with Crippen LogP contribution in [0.3, 0.4) is 0 Å². The molecule has 0 amide bonds. The average Bonchev–Trinajstić information content (AvgIpc) is 3.27. The van der Waals surface area contributed by atoms with Crippen LogP contribution in [0.4, 0.5) is 0 Å². The molecule has 0 aromatic carbocycles. The lowest BCUT2D eigenvalue weighted by Crippen LogP contribution is -2.30. The number of hydrogen-bond acceptors (Lipinski definition) is 6. The molecule has 0 N–H and O–H groups in total. The Morgan fingerprint density at radius 3 is 1.02 bits per heavy atom. The standard InChI is InChI=1S/C56H94O6/c1-4-7-10-13-16-19-21-23-25-26-27-28-29-30-32-33-35-37-40-43-46-49-55(58)61-52-53(51-60-54(57)48-45-42-39-18-15-12-9-6-3)62-56(59)50-47-44-41-38-36-34-31-24-22-20-17-14-11-8-5-2/h7,10,16-17,19-20,23-25,27-28,30-32,53H,4-6,8-9,11-15,18,21-22,26,29,33-52H2,1-3H3/b10-7-,19-16-,20-17-,25-23-,28-27-,31-24-,32-30-. The van der Waals surface area contributed by atoms with Gasteiger partial charge in [-0.05, 0) is 96.3 Å². The normalized spacial score (nSPS) is 12.8. The summed E-state index contributed by atoms with van der Waals surface area (Å²) in [5.74, 6) is -0.928. The molecular formula is C56H94O6. The predicted octanol–water partition coefficient (Wildman–Crippen LogP) is 16.8. The summed E-state index contributed by atoms with van der Waals surface area (Å²) in [4.78, 5) is 37.8. The van der Waals surface area contributed by atoms with Crippen molar-refractivity contribution in [1.82, 2.24) is 0 Å². The second-order valence-corrected chi connectivity index (χ2v) is 16.7. The van der Waals surface area contributed by atoms with E-state index in [-0.39, 0.29) is 31.1 Å². The zero-order chi connectivity index (χ0) is 45.1. The van der Waals surface area contributed by atoms with Crippen molar-refractivity contribution in [3.63, 3.8) is 0 Å². The van der Waals surface area contributed by atoms with Gasteiger partial charge < -0.3 is 14.2 Å². The summed E-state index contributed by atoms with van der Waals surface area (Å²) in [5, 5.41) is 0. The Balaban J connectivity index is 4.35. The van der Waals surface area contributed by atoms with E-state index in [1.54, 1.807) is 0 Å². The molecule has 6 nitrogen and oxygen atoms in total. The fourth-order valence-corrected chi connectivity index (χ4v) is 6.79. The molecule has 0 aliphatic rings. The average molecular weight is 863 g/mol. The summed E-state index contributed by atoms with van der Waals surface area (Å²) in [5.41, 5.74) is 0. The van der Waals surface area contributed by atoms with Gasteiger partial charge in [0.25, 0.3) is 0 Å². The molecule has 0 aromatic heterocycles. The first-order valence-electron chi connectivity index (χ1n) is 25.6. The number of esters is 3. The van der Waals surface area contributed by atoms with Crippen LogP contribution in [0, 0.1) is 0 Å². The molecule has 0 spiro atoms. The van der Waals surface area contributed by atoms with Crippen molar-refractivity contribution in [3.8, 4) is 0 Å². The Hall–Kier alpha value is -3.41. The van der Waals surface area contributed by atoms with E-state index < -0.39 is 6.10 Å². The van der Waals surface area contributed by atoms with Crippen molar-refractivity contribution in [2.75, 3.05) is 13.2 Å². The molecule has 0 rings (SSSR count). The Labute approximate surface area is 382 Å². The Bertz CT molecular complexity index is 1220. The Morgan fingerprint density at radius 1 is 0.339 bits per heavy atom. The number of carbonyl (C=O) groups excluding carboxylic acids is 3. The summed E-state index contributed by atoms with van der Waals surface area (Å²) in [6.45, 7) is 6.43. The third-order valence-electron chi connectivity index (χ3n) is 10.6. The quantitative estimate of drug-likeness (QED) is 0.0263. The highest BCUT2D eigenvalue weighted by Crippen LogP contribution is 2.13. The summed E-state index contributed by atoms with van der Waals surface area (Å²) >= 11 is 0. The number of carbonyl (C=O) groups is 3. The third kappa shape index (κ3) is 47.6. The number of allylic oxidation sites excluding steroid dienone is 14. The second kappa shape index (κ2) is 50.2. The minimum Gasteiger partial charge on any atom is -0.462 e. The Kier molecular flexibility index (Phi) is 47.5. The van der Waals surface area contributed by atoms with Crippen molar-refractivity contribution in [3.05, 3.63) is 85.1 Å². The molecule has 0 saturated carbocycles. The van der Waals surface area contributed by atoms with Crippen molar-refractivity contribution in [1.29, 1.82) is 0 Å². The SMILES string of the molecule is CC/C=C\C/C=C\C/C=C\C/C=C\C/C=C\CCCCCCCC(=O)OCC(COC(=O)CCCCCCCCCC)OC(=O)CCCCCCC/C=C\C/C=C\CCCCC. The van der Waals surface area contributed by atoms with Gasteiger partial charge in [0, 0.05) is 19.3 Å². The lowest BCUT2D eigenvalue weighted by atomic mass is 10.1. The molecule has 354 valence electrons. The van der Waals surface area contributed by atoms with Crippen LogP contribution in [0.15, 0.2) is 85.1 Å². The molecule has 0 fully saturated rings. The van der Waals surface area contributed by atoms with E-state index in [1.165, 1.54) is 57.8 Å². The zero-order valence-electron chi connectivity index (χ0n) is 40.4. The molecule has 0 bridgehead atoms. The lowest BCUT2D eigenvalue weighted by Gasteiger charge is -2.18. The van der Waals surface area contributed by atoms with Gasteiger partial charge in [0.1, 0.15) is 13.2 Å². The van der Waals surface area contributed by atoms with Gasteiger partial charge >= 0.3 is 17.9 Å². The number of ether oxygens (including phenoxy) is 3. The highest BCUT2D eigenvalue weighted by atomic mass is 16.6. The van der Waals surface area contributed by atoms with Gasteiger partial charge in [-0.2, -0.15) is 0 Å². The molecular weight excluding hydrogens is 769 g/mol. The number of unbranched alkanes of at least 4 members (excludes halogenated alkanes) is 20. The van der Waals surface area contributed by atoms with E-state index in [1.807, 2.05) is 0 Å². The minimum atomic E-state index is -0.789. The maximum absolute atomic E-state index is 12.8.